The standard InChI is InChI=1S/C24H20Cl2N4O2/c1-14-4-7-18(8-5-14)30-28-21-10-15(2)20(13-22(21)29-30)27-23(31)9-6-16-11-17(25)12-19(26)24(16)32-3/h4-13H,1-3H3,(H,27,31). The average molecular weight is 467 g/mol. The summed E-state index contributed by atoms with van der Waals surface area (Å²) in [5, 5.41) is 12.8. The number of carbonyl (C=O) groups is 1. The number of halogens is 2. The molecule has 0 unspecified atom stereocenters. The van der Waals surface area contributed by atoms with Gasteiger partial charge in [-0.2, -0.15) is 4.80 Å². The number of amides is 1. The Morgan fingerprint density at radius 2 is 1.72 bits per heavy atom. The Balaban J connectivity index is 1.57. The van der Waals surface area contributed by atoms with Gasteiger partial charge in [0.15, 0.2) is 0 Å². The lowest BCUT2D eigenvalue weighted by molar-refractivity contribution is -0.111. The van der Waals surface area contributed by atoms with Crippen LogP contribution in [0.25, 0.3) is 22.8 Å². The van der Waals surface area contributed by atoms with Gasteiger partial charge >= 0.3 is 0 Å². The zero-order chi connectivity index (χ0) is 22.8. The molecule has 0 aliphatic carbocycles. The molecule has 0 aliphatic rings. The third-order valence-corrected chi connectivity index (χ3v) is 5.40. The van der Waals surface area contributed by atoms with Crippen LogP contribution in [0.1, 0.15) is 16.7 Å². The number of methoxy groups -OCH3 is 1. The molecule has 0 atom stereocenters. The molecule has 1 aromatic heterocycles. The Bertz CT molecular complexity index is 1340. The quantitative estimate of drug-likeness (QED) is 0.366. The highest BCUT2D eigenvalue weighted by atomic mass is 35.5. The van der Waals surface area contributed by atoms with Crippen LogP contribution in [0.3, 0.4) is 0 Å². The van der Waals surface area contributed by atoms with Crippen LogP contribution >= 0.6 is 23.2 Å². The van der Waals surface area contributed by atoms with E-state index < -0.39 is 0 Å². The summed E-state index contributed by atoms with van der Waals surface area (Å²) in [5.74, 6) is 0.141. The molecular weight excluding hydrogens is 447 g/mol. The van der Waals surface area contributed by atoms with Crippen molar-refractivity contribution in [2.45, 2.75) is 13.8 Å². The molecule has 162 valence electrons. The summed E-state index contributed by atoms with van der Waals surface area (Å²) >= 11 is 12.2. The fourth-order valence-corrected chi connectivity index (χ4v) is 3.84. The number of hydrogen-bond acceptors (Lipinski definition) is 4. The van der Waals surface area contributed by atoms with Crippen molar-refractivity contribution in [2.24, 2.45) is 0 Å². The van der Waals surface area contributed by atoms with Crippen LogP contribution in [-0.2, 0) is 4.79 Å². The molecule has 1 N–H and O–H groups in total. The number of hydrogen-bond donors (Lipinski definition) is 1. The van der Waals surface area contributed by atoms with Crippen LogP contribution in [0.5, 0.6) is 5.75 Å². The largest absolute Gasteiger partial charge is 0.495 e. The second-order valence-corrected chi connectivity index (χ2v) is 8.16. The van der Waals surface area contributed by atoms with E-state index in [2.05, 4.69) is 15.5 Å². The van der Waals surface area contributed by atoms with Gasteiger partial charge in [0, 0.05) is 22.3 Å². The Kier molecular flexibility index (Phi) is 6.17. The predicted octanol–water partition coefficient (Wildman–Crippen LogP) is 6.00. The van der Waals surface area contributed by atoms with E-state index in [1.165, 1.54) is 13.2 Å². The van der Waals surface area contributed by atoms with E-state index in [0.717, 1.165) is 22.3 Å². The minimum atomic E-state index is -0.309. The molecule has 6 nitrogen and oxygen atoms in total. The number of fused-ring (bicyclic) bond motifs is 1. The van der Waals surface area contributed by atoms with Crippen LogP contribution in [-0.4, -0.2) is 28.0 Å². The third kappa shape index (κ3) is 4.61. The van der Waals surface area contributed by atoms with Crippen LogP contribution in [0.15, 0.2) is 54.6 Å². The Labute approximate surface area is 195 Å². The van der Waals surface area contributed by atoms with Crippen LogP contribution in [0.2, 0.25) is 10.0 Å². The lowest BCUT2D eigenvalue weighted by atomic mass is 10.1. The van der Waals surface area contributed by atoms with Gasteiger partial charge in [0.25, 0.3) is 0 Å². The number of nitrogens with zero attached hydrogens (tertiary/aromatic N) is 3. The monoisotopic (exact) mass is 466 g/mol. The van der Waals surface area contributed by atoms with E-state index in [1.54, 1.807) is 23.0 Å². The summed E-state index contributed by atoms with van der Waals surface area (Å²) in [7, 11) is 1.51. The van der Waals surface area contributed by atoms with Gasteiger partial charge in [-0.3, -0.25) is 4.79 Å². The fraction of sp³-hybridized carbons (Fsp3) is 0.125. The van der Waals surface area contributed by atoms with Crippen LogP contribution in [0.4, 0.5) is 5.69 Å². The zero-order valence-electron chi connectivity index (χ0n) is 17.7. The van der Waals surface area contributed by atoms with Gasteiger partial charge in [0.1, 0.15) is 16.8 Å². The van der Waals surface area contributed by atoms with Crippen molar-refractivity contribution in [3.05, 3.63) is 81.3 Å². The minimum absolute atomic E-state index is 0.309. The molecule has 4 aromatic rings. The fourth-order valence-electron chi connectivity index (χ4n) is 3.26. The van der Waals surface area contributed by atoms with Crippen molar-refractivity contribution < 1.29 is 9.53 Å². The smallest absolute Gasteiger partial charge is 0.248 e. The molecule has 0 bridgehead atoms. The van der Waals surface area contributed by atoms with Crippen molar-refractivity contribution in [2.75, 3.05) is 12.4 Å². The first-order chi connectivity index (χ1) is 15.3. The predicted molar refractivity (Wildman–Crippen MR) is 129 cm³/mol. The van der Waals surface area contributed by atoms with Gasteiger partial charge in [0.05, 0.1) is 17.8 Å². The Hall–Kier alpha value is -3.35. The zero-order valence-corrected chi connectivity index (χ0v) is 19.2. The van der Waals surface area contributed by atoms with E-state index in [0.29, 0.717) is 32.6 Å². The molecule has 4 rings (SSSR count). The summed E-state index contributed by atoms with van der Waals surface area (Å²) in [6, 6.07) is 14.9. The van der Waals surface area contributed by atoms with Crippen molar-refractivity contribution in [1.29, 1.82) is 0 Å². The third-order valence-electron chi connectivity index (χ3n) is 4.90. The molecule has 8 heteroatoms. The van der Waals surface area contributed by atoms with E-state index in [4.69, 9.17) is 27.9 Å². The molecule has 0 radical (unpaired) electrons. The van der Waals surface area contributed by atoms with Gasteiger partial charge in [-0.05, 0) is 61.9 Å². The second kappa shape index (κ2) is 9.02. The number of aryl methyl sites for hydroxylation is 2. The highest BCUT2D eigenvalue weighted by Gasteiger charge is 2.11. The van der Waals surface area contributed by atoms with Crippen LogP contribution in [0, 0.1) is 13.8 Å². The average Bonchev–Trinajstić information content (AvgIpc) is 3.15. The number of carbonyl (C=O) groups excluding carboxylic acids is 1. The van der Waals surface area contributed by atoms with Gasteiger partial charge in [0.2, 0.25) is 5.91 Å². The first kappa shape index (κ1) is 21.9. The molecule has 0 aliphatic heterocycles. The van der Waals surface area contributed by atoms with E-state index in [9.17, 15) is 4.79 Å². The first-order valence-corrected chi connectivity index (χ1v) is 10.6. The second-order valence-electron chi connectivity index (χ2n) is 7.31. The maximum atomic E-state index is 12.6. The molecule has 0 saturated heterocycles. The summed E-state index contributed by atoms with van der Waals surface area (Å²) in [4.78, 5) is 14.1. The number of ether oxygens (including phenoxy) is 1. The topological polar surface area (TPSA) is 69.0 Å². The molecule has 0 saturated carbocycles. The van der Waals surface area contributed by atoms with Crippen molar-refractivity contribution in [3.8, 4) is 11.4 Å². The Morgan fingerprint density at radius 3 is 2.41 bits per heavy atom. The lowest BCUT2D eigenvalue weighted by Gasteiger charge is -2.08. The van der Waals surface area contributed by atoms with E-state index in [1.807, 2.05) is 50.2 Å². The normalized spacial score (nSPS) is 11.3. The molecule has 1 amide bonds. The van der Waals surface area contributed by atoms with E-state index >= 15 is 0 Å². The van der Waals surface area contributed by atoms with E-state index in [-0.39, 0.29) is 5.91 Å². The lowest BCUT2D eigenvalue weighted by Crippen LogP contribution is -2.09. The molecule has 1 heterocycles. The molecule has 3 aromatic carbocycles. The molecular formula is C24H20Cl2N4O2. The maximum Gasteiger partial charge on any atom is 0.248 e. The summed E-state index contributed by atoms with van der Waals surface area (Å²) in [6.07, 6.45) is 3.00. The highest BCUT2D eigenvalue weighted by molar-refractivity contribution is 6.36. The summed E-state index contributed by atoms with van der Waals surface area (Å²) in [5.41, 5.74) is 5.59. The minimum Gasteiger partial charge on any atom is -0.495 e. The Morgan fingerprint density at radius 1 is 1.03 bits per heavy atom. The van der Waals surface area contributed by atoms with Crippen LogP contribution < -0.4 is 10.1 Å². The van der Waals surface area contributed by atoms with Crippen molar-refractivity contribution >= 4 is 51.9 Å². The highest BCUT2D eigenvalue weighted by Crippen LogP contribution is 2.33. The summed E-state index contributed by atoms with van der Waals surface area (Å²) < 4.78 is 5.30. The summed E-state index contributed by atoms with van der Waals surface area (Å²) in [6.45, 7) is 3.93. The molecule has 0 spiro atoms. The maximum absolute atomic E-state index is 12.6. The van der Waals surface area contributed by atoms with Gasteiger partial charge in [-0.1, -0.05) is 40.9 Å². The van der Waals surface area contributed by atoms with Crippen molar-refractivity contribution in [3.63, 3.8) is 0 Å². The first-order valence-electron chi connectivity index (χ1n) is 9.81. The molecule has 32 heavy (non-hydrogen) atoms. The SMILES string of the molecule is COc1c(Cl)cc(Cl)cc1C=CC(=O)Nc1cc2nn(-c3ccc(C)cc3)nc2cc1C. The van der Waals surface area contributed by atoms with Gasteiger partial charge in [-0.15, -0.1) is 10.2 Å². The van der Waals surface area contributed by atoms with Gasteiger partial charge in [-0.25, -0.2) is 0 Å². The molecule has 0 fully saturated rings. The van der Waals surface area contributed by atoms with Gasteiger partial charge < -0.3 is 10.1 Å². The number of rotatable bonds is 5. The van der Waals surface area contributed by atoms with Crippen molar-refractivity contribution in [1.82, 2.24) is 15.0 Å². The number of anilines is 1. The number of nitrogens with one attached hydrogen (secondary N) is 1. The number of aromatic nitrogens is 3. The number of benzene rings is 3.